The first-order chi connectivity index (χ1) is 42.4. The Kier molecular flexibility index (Phi) is 33.5. The van der Waals surface area contributed by atoms with Crippen LogP contribution in [0, 0.1) is 23.7 Å². The Balaban J connectivity index is 0.000000627. The summed E-state index contributed by atoms with van der Waals surface area (Å²) in [6, 6.07) is -2.58. The van der Waals surface area contributed by atoms with Crippen molar-refractivity contribution in [2.75, 3.05) is 24.7 Å². The number of hydrogen-bond donors (Lipinski definition) is 11. The van der Waals surface area contributed by atoms with Crippen molar-refractivity contribution < 1.29 is 128 Å². The van der Waals surface area contributed by atoms with Gasteiger partial charge in [-0.25, -0.2) is 32.9 Å². The van der Waals surface area contributed by atoms with Gasteiger partial charge in [-0.1, -0.05) is 23.7 Å². The first-order valence-corrected chi connectivity index (χ1v) is 41.2. The van der Waals surface area contributed by atoms with Crippen molar-refractivity contribution >= 4 is 111 Å². The molecule has 35 nitrogen and oxygen atoms in total. The average Bonchev–Trinajstić information content (AvgIpc) is 1.75. The molecule has 2 aliphatic heterocycles. The summed E-state index contributed by atoms with van der Waals surface area (Å²) in [6.07, 6.45) is -5.75. The van der Waals surface area contributed by atoms with Gasteiger partial charge in [-0.05, 0) is 83.1 Å². The molecule has 0 aromatic carbocycles. The van der Waals surface area contributed by atoms with Gasteiger partial charge < -0.3 is 85.4 Å². The molecule has 4 rings (SSSR count). The number of nitrogens with one attached hydrogen (secondary N) is 2. The number of nitrogens with zero attached hydrogens (tertiary/aromatic N) is 4. The Morgan fingerprint density at radius 3 is 1.33 bits per heavy atom. The fourth-order valence-electron chi connectivity index (χ4n) is 7.56. The van der Waals surface area contributed by atoms with Gasteiger partial charge in [0.1, 0.15) is 70.8 Å². The number of carbonyl (C=O) groups is 6. The number of nitrogen functional groups attached to an aromatic ring is 2. The van der Waals surface area contributed by atoms with Gasteiger partial charge in [-0.2, -0.15) is 18.6 Å². The number of aliphatic hydroxyl groups is 3. The standard InChI is InChI=1S/C26H41N4O18P3.C26H38N4O9.2HI.V/c1-25(2,3)45-21(33)11-16(23(34)46-26(4,5)6)28-19(32)10-8-7-9-15-13-30(24(35)29-22(15)27)20-12-17(31)18(44-20)14-43-50(39,40)48-51(41,42)47-49(36,37)38;1-25(2,3)38-21(34)11-16(23(35)39-26(4,5)6)28-19(33)10-8-7-9-15-13-30(24(36)29-22(15)27)20-12-17(32)18(14-31)37-20;;;/h13,16-18,20,31H,8,10-12,14H2,1-6H3,(H,28,32)(H,39,40)(H,41,42)(H2,27,29,35)(H2,36,37,38);13,16-18,20,31-32H,8,10-12,14H2,1-6H3,(H,28,33)(H2,27,29,36);2*1H;/q;;;;+2/p-2/t2*16?,17-,18-,20-;;;/m11.../s1. The molecule has 0 saturated carbocycles. The van der Waals surface area contributed by atoms with Crippen LogP contribution in [0.1, 0.15) is 158 Å². The van der Waals surface area contributed by atoms with Gasteiger partial charge in [0, 0.05) is 50.9 Å². The van der Waals surface area contributed by atoms with Crippen LogP contribution in [-0.4, -0.2) is 162 Å². The van der Waals surface area contributed by atoms with E-state index in [0.29, 0.717) is 9.47 Å². The van der Waals surface area contributed by atoms with Crippen LogP contribution in [-0.2, 0) is 93.5 Å². The molecular weight excluding hydrogens is 1570 g/mol. The summed E-state index contributed by atoms with van der Waals surface area (Å²) in [5.41, 5.74) is 6.87. The molecule has 4 heterocycles. The number of phosphoric ester groups is 1. The molecule has 2 aromatic heterocycles. The van der Waals surface area contributed by atoms with Gasteiger partial charge in [0.15, 0.2) is 0 Å². The minimum absolute atomic E-state index is 0.00127. The number of rotatable bonds is 22. The molecule has 2 amide bonds. The normalized spacial score (nSPS) is 20.0. The molecule has 0 aliphatic carbocycles. The number of phosphoric acid groups is 3. The van der Waals surface area contributed by atoms with E-state index in [1.54, 1.807) is 83.1 Å². The number of amides is 2. The van der Waals surface area contributed by atoms with Crippen LogP contribution in [0.3, 0.4) is 0 Å². The van der Waals surface area contributed by atoms with E-state index in [0.717, 1.165) is 15.3 Å². The number of hydrogen-bond acceptors (Lipinski definition) is 27. The van der Waals surface area contributed by atoms with Crippen LogP contribution in [0.15, 0.2) is 22.0 Å². The van der Waals surface area contributed by atoms with Crippen molar-refractivity contribution in [1.82, 2.24) is 29.7 Å². The first-order valence-electron chi connectivity index (χ1n) is 27.7. The van der Waals surface area contributed by atoms with Crippen LogP contribution in [0.2, 0.25) is 0 Å². The van der Waals surface area contributed by atoms with Crippen molar-refractivity contribution in [3.63, 3.8) is 0 Å². The van der Waals surface area contributed by atoms with Gasteiger partial charge in [0.2, 0.25) is 11.8 Å². The van der Waals surface area contributed by atoms with Gasteiger partial charge in [0.25, 0.3) is 0 Å². The molecule has 10 atom stereocenters. The van der Waals surface area contributed by atoms with Gasteiger partial charge >= 0.3 is 108 Å². The van der Waals surface area contributed by atoms with Crippen molar-refractivity contribution in [2.45, 2.75) is 206 Å². The number of aromatic nitrogens is 4. The number of halogens is 2. The minimum atomic E-state index is -5.78. The molecule has 2 aliphatic rings. The van der Waals surface area contributed by atoms with E-state index in [-0.39, 0.29) is 61.3 Å². The predicted molar refractivity (Wildman–Crippen MR) is 339 cm³/mol. The monoisotopic (exact) mass is 1650 g/mol. The molecule has 523 valence electrons. The molecule has 2 fully saturated rings. The van der Waals surface area contributed by atoms with E-state index in [2.05, 4.69) is 97.4 Å². The van der Waals surface area contributed by atoms with Crippen LogP contribution in [0.5, 0.6) is 0 Å². The van der Waals surface area contributed by atoms with E-state index in [1.165, 1.54) is 6.20 Å². The molecular formula is C52H79I2N8O27P3V. The fraction of sp³-hybridized carbons (Fsp3) is 0.654. The molecule has 2 saturated heterocycles. The van der Waals surface area contributed by atoms with Crippen molar-refractivity contribution in [3.05, 3.63) is 44.5 Å². The zero-order valence-electron chi connectivity index (χ0n) is 52.6. The van der Waals surface area contributed by atoms with E-state index in [1.807, 2.05) is 0 Å². The van der Waals surface area contributed by atoms with Crippen molar-refractivity contribution in [3.8, 4) is 23.7 Å². The Morgan fingerprint density at radius 2 is 1.00 bits per heavy atom. The average molecular weight is 1650 g/mol. The Morgan fingerprint density at radius 1 is 0.645 bits per heavy atom. The van der Waals surface area contributed by atoms with E-state index >= 15 is 0 Å². The number of aliphatic hydroxyl groups excluding tert-OH is 3. The van der Waals surface area contributed by atoms with E-state index in [4.69, 9.17) is 49.7 Å². The number of esters is 4. The zero-order valence-corrected chi connectivity index (χ0v) is 61.0. The number of carbonyl (C=O) groups excluding carboxylic acids is 6. The summed E-state index contributed by atoms with van der Waals surface area (Å²) < 4.78 is 80.2. The summed E-state index contributed by atoms with van der Waals surface area (Å²) in [6.45, 7) is 18.5. The first kappa shape index (κ1) is 84.6. The topological polar surface area (TPSA) is 524 Å². The summed E-state index contributed by atoms with van der Waals surface area (Å²) in [7, 11) is -16.3. The quantitative estimate of drug-likeness (QED) is 0.0265. The summed E-state index contributed by atoms with van der Waals surface area (Å²) in [4.78, 5) is 144. The molecule has 41 heteroatoms. The van der Waals surface area contributed by atoms with E-state index < -0.39 is 168 Å². The van der Waals surface area contributed by atoms with Gasteiger partial charge in [-0.3, -0.25) is 32.8 Å². The summed E-state index contributed by atoms with van der Waals surface area (Å²) >= 11 is 4.74. The Hall–Kier alpha value is -4.45. The predicted octanol–water partition coefficient (Wildman–Crippen LogP) is 2.43. The van der Waals surface area contributed by atoms with Gasteiger partial charge in [-0.15, -0.1) is 0 Å². The van der Waals surface area contributed by atoms with Crippen LogP contribution < -0.4 is 33.5 Å². The number of ether oxygens (including phenoxy) is 6. The molecule has 2 aromatic rings. The van der Waals surface area contributed by atoms with E-state index in [9.17, 15) is 77.2 Å². The van der Waals surface area contributed by atoms with Crippen LogP contribution >= 0.6 is 63.4 Å². The molecule has 93 heavy (non-hydrogen) atoms. The summed E-state index contributed by atoms with van der Waals surface area (Å²) in [5.74, 6) is 6.22. The maximum absolute atomic E-state index is 12.7. The zero-order chi connectivity index (χ0) is 71.4. The third kappa shape index (κ3) is 33.9. The number of nitrogens with two attached hydrogens (primary N) is 2. The second-order valence-electron chi connectivity index (χ2n) is 23.9. The molecule has 0 spiro atoms. The second-order valence-corrected chi connectivity index (χ2v) is 40.2. The molecule has 0 bridgehead atoms. The van der Waals surface area contributed by atoms with Crippen LogP contribution in [0.4, 0.5) is 11.6 Å². The fourth-order valence-corrected chi connectivity index (χ4v) is 10.6. The SMILES string of the molecule is CC(C)(C)OC(=O)CC(NC(=O)CCC#Cc1cn([C@H]2C[C@@H](O)[C@@H](CO)O2)c(=O)nc1N)C(=O)OC(C)(C)C.CC(C)(C)OC(=O)CC(NC(=O)CCC#Cc1cn([C@H]2C[C@@H](O)[C@@H](COP(=O)(O)OP(=O)(O)OP(=O)(O)O)O2)c(=O)nc1N)C(=O)OC(C)(C)C.[I][V][I]. The third-order valence-electron chi connectivity index (χ3n) is 11.0. The third-order valence-corrected chi connectivity index (χ3v) is 14.8. The van der Waals surface area contributed by atoms with Crippen LogP contribution in [0.25, 0.3) is 0 Å². The Bertz CT molecular complexity index is 3360. The van der Waals surface area contributed by atoms with Gasteiger partial charge in [0.05, 0.1) is 49.4 Å². The number of anilines is 2. The second kappa shape index (κ2) is 36.8. The van der Waals surface area contributed by atoms with Crippen molar-refractivity contribution in [2.24, 2.45) is 0 Å². The summed E-state index contributed by atoms with van der Waals surface area (Å²) in [5, 5.41) is 34.5. The molecule has 13 N–H and O–H groups in total. The Labute approximate surface area is 563 Å². The molecule has 4 unspecified atom stereocenters. The van der Waals surface area contributed by atoms with Crippen molar-refractivity contribution in [1.29, 1.82) is 0 Å². The molecule has 0 radical (unpaired) electrons. The maximum atomic E-state index is 12.7.